The molecule has 1 amide bonds. The van der Waals surface area contributed by atoms with Gasteiger partial charge in [0.1, 0.15) is 11.5 Å². The lowest BCUT2D eigenvalue weighted by Gasteiger charge is -2.19. The van der Waals surface area contributed by atoms with Crippen molar-refractivity contribution < 1.29 is 14.3 Å². The number of halogens is 1. The second kappa shape index (κ2) is 7.91. The molecule has 132 valence electrons. The first kappa shape index (κ1) is 17.8. The van der Waals surface area contributed by atoms with Gasteiger partial charge < -0.3 is 14.4 Å². The van der Waals surface area contributed by atoms with Gasteiger partial charge in [-0.15, -0.1) is 0 Å². The van der Waals surface area contributed by atoms with Crippen LogP contribution in [0.2, 0.25) is 0 Å². The summed E-state index contributed by atoms with van der Waals surface area (Å²) in [5.74, 6) is 1.47. The van der Waals surface area contributed by atoms with Gasteiger partial charge in [-0.1, -0.05) is 22.0 Å². The highest BCUT2D eigenvalue weighted by Crippen LogP contribution is 2.26. The van der Waals surface area contributed by atoms with Gasteiger partial charge in [0.15, 0.2) is 6.61 Å². The van der Waals surface area contributed by atoms with E-state index >= 15 is 0 Å². The zero-order valence-electron chi connectivity index (χ0n) is 14.5. The van der Waals surface area contributed by atoms with Crippen LogP contribution in [0.5, 0.6) is 11.5 Å². The third-order valence-corrected chi connectivity index (χ3v) is 5.00. The number of hydrogen-bond donors (Lipinski definition) is 0. The normalized spacial score (nSPS) is 12.6. The van der Waals surface area contributed by atoms with Crippen LogP contribution in [0, 0.1) is 0 Å². The van der Waals surface area contributed by atoms with E-state index in [9.17, 15) is 4.79 Å². The summed E-state index contributed by atoms with van der Waals surface area (Å²) in [6, 6.07) is 11.9. The number of aryl methyl sites for hydroxylation is 2. The summed E-state index contributed by atoms with van der Waals surface area (Å²) in [5.41, 5.74) is 3.69. The number of nitrogens with zero attached hydrogens (tertiary/aromatic N) is 1. The first-order valence-electron chi connectivity index (χ1n) is 8.38. The van der Waals surface area contributed by atoms with Crippen molar-refractivity contribution in [2.24, 2.45) is 0 Å². The molecule has 0 bridgehead atoms. The Labute approximate surface area is 156 Å². The number of ether oxygens (including phenoxy) is 2. The monoisotopic (exact) mass is 403 g/mol. The van der Waals surface area contributed by atoms with E-state index in [1.807, 2.05) is 24.3 Å². The van der Waals surface area contributed by atoms with Crippen LogP contribution >= 0.6 is 15.9 Å². The first-order valence-corrected chi connectivity index (χ1v) is 9.17. The van der Waals surface area contributed by atoms with Crippen LogP contribution in [0.25, 0.3) is 0 Å². The number of benzene rings is 2. The van der Waals surface area contributed by atoms with Gasteiger partial charge in [0.25, 0.3) is 5.91 Å². The van der Waals surface area contributed by atoms with Gasteiger partial charge in [-0.25, -0.2) is 0 Å². The SMILES string of the molecule is COc1ccc(Br)cc1CN(C)C(=O)COc1ccc2c(c1)CCC2. The molecule has 5 heteroatoms. The maximum Gasteiger partial charge on any atom is 0.260 e. The molecule has 0 atom stereocenters. The molecular weight excluding hydrogens is 382 g/mol. The quantitative estimate of drug-likeness (QED) is 0.731. The van der Waals surface area contributed by atoms with Crippen molar-refractivity contribution in [1.29, 1.82) is 0 Å². The van der Waals surface area contributed by atoms with E-state index in [1.54, 1.807) is 19.1 Å². The summed E-state index contributed by atoms with van der Waals surface area (Å²) < 4.78 is 12.0. The average Bonchev–Trinajstić information content (AvgIpc) is 3.07. The van der Waals surface area contributed by atoms with Crippen LogP contribution in [0.4, 0.5) is 0 Å². The molecule has 0 heterocycles. The number of carbonyl (C=O) groups is 1. The van der Waals surface area contributed by atoms with Crippen molar-refractivity contribution in [1.82, 2.24) is 4.90 Å². The van der Waals surface area contributed by atoms with Crippen LogP contribution in [0.1, 0.15) is 23.1 Å². The van der Waals surface area contributed by atoms with E-state index in [1.165, 1.54) is 17.5 Å². The highest BCUT2D eigenvalue weighted by atomic mass is 79.9. The highest BCUT2D eigenvalue weighted by molar-refractivity contribution is 9.10. The van der Waals surface area contributed by atoms with E-state index in [0.717, 1.165) is 34.4 Å². The molecule has 2 aromatic rings. The molecule has 0 fully saturated rings. The third-order valence-electron chi connectivity index (χ3n) is 4.51. The fourth-order valence-electron chi connectivity index (χ4n) is 3.11. The van der Waals surface area contributed by atoms with E-state index < -0.39 is 0 Å². The summed E-state index contributed by atoms with van der Waals surface area (Å²) in [6.07, 6.45) is 3.45. The smallest absolute Gasteiger partial charge is 0.260 e. The van der Waals surface area contributed by atoms with Gasteiger partial charge in [0.2, 0.25) is 0 Å². The fourth-order valence-corrected chi connectivity index (χ4v) is 3.52. The molecule has 1 aliphatic carbocycles. The molecule has 4 nitrogen and oxygen atoms in total. The zero-order valence-corrected chi connectivity index (χ0v) is 16.1. The van der Waals surface area contributed by atoms with Gasteiger partial charge >= 0.3 is 0 Å². The molecule has 2 aromatic carbocycles. The lowest BCUT2D eigenvalue weighted by molar-refractivity contribution is -0.132. The molecule has 3 rings (SSSR count). The summed E-state index contributed by atoms with van der Waals surface area (Å²) in [4.78, 5) is 14.0. The summed E-state index contributed by atoms with van der Waals surface area (Å²) in [7, 11) is 3.40. The predicted molar refractivity (Wildman–Crippen MR) is 101 cm³/mol. The minimum atomic E-state index is -0.0671. The van der Waals surface area contributed by atoms with Crippen LogP contribution in [0.15, 0.2) is 40.9 Å². The predicted octanol–water partition coefficient (Wildman–Crippen LogP) is 3.98. The number of fused-ring (bicyclic) bond motifs is 1. The van der Waals surface area contributed by atoms with Crippen LogP contribution in [-0.2, 0) is 24.2 Å². The number of carbonyl (C=O) groups excluding carboxylic acids is 1. The number of likely N-dealkylation sites (N-methyl/N-ethyl adjacent to an activating group) is 1. The lowest BCUT2D eigenvalue weighted by Crippen LogP contribution is -2.31. The molecule has 0 aliphatic heterocycles. The largest absolute Gasteiger partial charge is 0.496 e. The number of methoxy groups -OCH3 is 1. The molecule has 1 aliphatic rings. The fraction of sp³-hybridized carbons (Fsp3) is 0.350. The number of amides is 1. The van der Waals surface area contributed by atoms with Crippen molar-refractivity contribution in [3.8, 4) is 11.5 Å². The molecular formula is C20H22BrNO3. The minimum absolute atomic E-state index is 0.0333. The van der Waals surface area contributed by atoms with Crippen molar-refractivity contribution in [3.05, 3.63) is 57.6 Å². The van der Waals surface area contributed by atoms with Crippen LogP contribution in [0.3, 0.4) is 0 Å². The highest BCUT2D eigenvalue weighted by Gasteiger charge is 2.15. The van der Waals surface area contributed by atoms with Gasteiger partial charge in [0, 0.05) is 23.6 Å². The molecule has 0 aromatic heterocycles. The Kier molecular flexibility index (Phi) is 5.63. The molecule has 0 unspecified atom stereocenters. The lowest BCUT2D eigenvalue weighted by atomic mass is 10.1. The Morgan fingerprint density at radius 2 is 1.96 bits per heavy atom. The Hall–Kier alpha value is -2.01. The van der Waals surface area contributed by atoms with Crippen molar-refractivity contribution in [3.63, 3.8) is 0 Å². The Morgan fingerprint density at radius 1 is 1.16 bits per heavy atom. The van der Waals surface area contributed by atoms with Gasteiger partial charge in [-0.3, -0.25) is 4.79 Å². The van der Waals surface area contributed by atoms with Crippen molar-refractivity contribution >= 4 is 21.8 Å². The molecule has 0 spiro atoms. The van der Waals surface area contributed by atoms with E-state index in [-0.39, 0.29) is 12.5 Å². The Morgan fingerprint density at radius 3 is 2.76 bits per heavy atom. The maximum atomic E-state index is 12.4. The second-order valence-electron chi connectivity index (χ2n) is 6.28. The molecule has 0 saturated heterocycles. The van der Waals surface area contributed by atoms with E-state index in [0.29, 0.717) is 6.54 Å². The number of hydrogen-bond acceptors (Lipinski definition) is 3. The Bertz CT molecular complexity index is 776. The van der Waals surface area contributed by atoms with Gasteiger partial charge in [-0.2, -0.15) is 0 Å². The van der Waals surface area contributed by atoms with E-state index in [4.69, 9.17) is 9.47 Å². The second-order valence-corrected chi connectivity index (χ2v) is 7.19. The zero-order chi connectivity index (χ0) is 17.8. The first-order chi connectivity index (χ1) is 12.1. The van der Waals surface area contributed by atoms with Crippen LogP contribution in [-0.4, -0.2) is 31.6 Å². The number of rotatable bonds is 6. The van der Waals surface area contributed by atoms with Crippen molar-refractivity contribution in [2.75, 3.05) is 20.8 Å². The molecule has 0 radical (unpaired) electrons. The molecule has 0 N–H and O–H groups in total. The van der Waals surface area contributed by atoms with Crippen molar-refractivity contribution in [2.45, 2.75) is 25.8 Å². The minimum Gasteiger partial charge on any atom is -0.496 e. The summed E-state index contributed by atoms with van der Waals surface area (Å²) in [5, 5.41) is 0. The Balaban J connectivity index is 1.59. The standard InChI is InChI=1S/C20H22BrNO3/c1-22(12-16-10-17(21)7-9-19(16)24-2)20(23)13-25-18-8-6-14-4-3-5-15(14)11-18/h6-11H,3-5,12-13H2,1-2H3. The topological polar surface area (TPSA) is 38.8 Å². The molecule has 25 heavy (non-hydrogen) atoms. The molecule has 0 saturated carbocycles. The maximum absolute atomic E-state index is 12.4. The summed E-state index contributed by atoms with van der Waals surface area (Å²) >= 11 is 3.45. The van der Waals surface area contributed by atoms with Gasteiger partial charge in [-0.05, 0) is 60.7 Å². The summed E-state index contributed by atoms with van der Waals surface area (Å²) in [6.45, 7) is 0.501. The third kappa shape index (κ3) is 4.34. The average molecular weight is 404 g/mol. The van der Waals surface area contributed by atoms with E-state index in [2.05, 4.69) is 28.1 Å². The van der Waals surface area contributed by atoms with Crippen LogP contribution < -0.4 is 9.47 Å². The van der Waals surface area contributed by atoms with Gasteiger partial charge in [0.05, 0.1) is 7.11 Å².